The molecule has 9 heteroatoms. The first kappa shape index (κ1) is 20.7. The molecule has 7 nitrogen and oxygen atoms in total. The molecule has 1 aromatic rings. The number of aromatic nitrogens is 1. The number of nitrogens with one attached hydrogen (secondary N) is 1. The van der Waals surface area contributed by atoms with Gasteiger partial charge in [-0.15, -0.1) is 23.5 Å². The van der Waals surface area contributed by atoms with E-state index in [9.17, 15) is 9.59 Å². The van der Waals surface area contributed by atoms with Crippen LogP contribution >= 0.6 is 23.5 Å². The SMILES string of the molecule is Cc1cc(NC(=O)CN2CCN(C(=O)C3CC4CCC(C3)C43SCCS3)CC2)no1. The zero-order valence-corrected chi connectivity index (χ0v) is 19.1. The van der Waals surface area contributed by atoms with Gasteiger partial charge in [0.15, 0.2) is 5.82 Å². The second-order valence-corrected chi connectivity index (χ2v) is 12.0. The first-order valence-corrected chi connectivity index (χ1v) is 13.0. The Balaban J connectivity index is 1.10. The van der Waals surface area contributed by atoms with E-state index in [-0.39, 0.29) is 11.8 Å². The van der Waals surface area contributed by atoms with Gasteiger partial charge in [-0.05, 0) is 44.4 Å². The molecule has 2 saturated heterocycles. The van der Waals surface area contributed by atoms with Crippen LogP contribution in [0.25, 0.3) is 0 Å². The summed E-state index contributed by atoms with van der Waals surface area (Å²) in [5, 5.41) is 6.56. The molecule has 1 aromatic heterocycles. The maximum atomic E-state index is 13.2. The molecular formula is C21H30N4O3S2. The molecule has 4 aliphatic rings. The lowest BCUT2D eigenvalue weighted by molar-refractivity contribution is -0.139. The predicted octanol–water partition coefficient (Wildman–Crippen LogP) is 2.68. The predicted molar refractivity (Wildman–Crippen MR) is 119 cm³/mol. The van der Waals surface area contributed by atoms with E-state index in [1.807, 2.05) is 4.90 Å². The molecule has 2 atom stereocenters. The van der Waals surface area contributed by atoms with Gasteiger partial charge in [-0.25, -0.2) is 0 Å². The van der Waals surface area contributed by atoms with Crippen molar-refractivity contribution in [2.75, 3.05) is 49.5 Å². The molecule has 2 amide bonds. The van der Waals surface area contributed by atoms with Crippen LogP contribution < -0.4 is 5.32 Å². The standard InChI is InChI=1S/C21H30N4O3S2/c1-14-10-18(23-28-14)22-19(26)13-24-4-6-25(7-5-24)20(27)15-11-16-2-3-17(12-15)21(16)29-8-9-30-21/h10,15-17H,2-9,11-13H2,1H3,(H,22,23,26). The van der Waals surface area contributed by atoms with Gasteiger partial charge in [0, 0.05) is 49.7 Å². The first-order chi connectivity index (χ1) is 14.5. The topological polar surface area (TPSA) is 78.7 Å². The monoisotopic (exact) mass is 450 g/mol. The summed E-state index contributed by atoms with van der Waals surface area (Å²) in [6.45, 7) is 5.03. The van der Waals surface area contributed by atoms with Gasteiger partial charge in [0.25, 0.3) is 0 Å². The van der Waals surface area contributed by atoms with Crippen molar-refractivity contribution in [2.24, 2.45) is 17.8 Å². The lowest BCUT2D eigenvalue weighted by Gasteiger charge is -2.44. The Labute approximate surface area is 186 Å². The molecule has 164 valence electrons. The van der Waals surface area contributed by atoms with E-state index in [0.29, 0.717) is 39.9 Å². The average molecular weight is 451 g/mol. The number of hydrogen-bond donors (Lipinski definition) is 1. The Kier molecular flexibility index (Phi) is 5.79. The highest BCUT2D eigenvalue weighted by Gasteiger charge is 2.57. The van der Waals surface area contributed by atoms with E-state index in [4.69, 9.17) is 4.52 Å². The van der Waals surface area contributed by atoms with Crippen molar-refractivity contribution >= 4 is 41.2 Å². The number of amides is 2. The van der Waals surface area contributed by atoms with Crippen LogP contribution in [0.15, 0.2) is 10.6 Å². The molecule has 1 spiro atoms. The Morgan fingerprint density at radius 1 is 1.17 bits per heavy atom. The smallest absolute Gasteiger partial charge is 0.239 e. The molecule has 2 bridgehead atoms. The summed E-state index contributed by atoms with van der Waals surface area (Å²) in [7, 11) is 0. The number of hydrogen-bond acceptors (Lipinski definition) is 7. The highest BCUT2D eigenvalue weighted by Crippen LogP contribution is 2.65. The molecule has 1 N–H and O–H groups in total. The minimum absolute atomic E-state index is 0.0937. The highest BCUT2D eigenvalue weighted by atomic mass is 32.2. The minimum atomic E-state index is -0.0937. The number of carbonyl (C=O) groups excluding carboxylic acids is 2. The van der Waals surface area contributed by atoms with Crippen LogP contribution in [0.4, 0.5) is 5.82 Å². The molecule has 0 aromatic carbocycles. The van der Waals surface area contributed by atoms with Gasteiger partial charge in [0.05, 0.1) is 10.6 Å². The second-order valence-electron chi connectivity index (χ2n) is 9.03. The summed E-state index contributed by atoms with van der Waals surface area (Å²) in [4.78, 5) is 29.6. The maximum absolute atomic E-state index is 13.2. The Hall–Kier alpha value is -1.19. The van der Waals surface area contributed by atoms with E-state index in [0.717, 1.165) is 39.0 Å². The van der Waals surface area contributed by atoms with Crippen LogP contribution in [0.5, 0.6) is 0 Å². The fraction of sp³-hybridized carbons (Fsp3) is 0.762. The summed E-state index contributed by atoms with van der Waals surface area (Å²) >= 11 is 4.37. The summed E-state index contributed by atoms with van der Waals surface area (Å²) < 4.78 is 5.41. The summed E-state index contributed by atoms with van der Waals surface area (Å²) in [6.07, 6.45) is 4.77. The third-order valence-electron chi connectivity index (χ3n) is 7.17. The van der Waals surface area contributed by atoms with Crippen molar-refractivity contribution in [1.29, 1.82) is 0 Å². The number of thioether (sulfide) groups is 2. The maximum Gasteiger partial charge on any atom is 0.239 e. The van der Waals surface area contributed by atoms with Crippen molar-refractivity contribution in [1.82, 2.24) is 15.0 Å². The van der Waals surface area contributed by atoms with Gasteiger partial charge < -0.3 is 14.7 Å². The van der Waals surface area contributed by atoms with Crippen LogP contribution in [-0.2, 0) is 9.59 Å². The normalized spacial score (nSPS) is 30.7. The molecule has 2 unspecified atom stereocenters. The van der Waals surface area contributed by atoms with Gasteiger partial charge in [0.1, 0.15) is 5.76 Å². The molecule has 5 rings (SSSR count). The van der Waals surface area contributed by atoms with Crippen molar-refractivity contribution in [3.05, 3.63) is 11.8 Å². The van der Waals surface area contributed by atoms with Gasteiger partial charge in [0.2, 0.25) is 11.8 Å². The van der Waals surface area contributed by atoms with Crippen molar-refractivity contribution in [2.45, 2.75) is 36.7 Å². The Morgan fingerprint density at radius 2 is 1.83 bits per heavy atom. The van der Waals surface area contributed by atoms with Crippen LogP contribution in [0.3, 0.4) is 0 Å². The molecular weight excluding hydrogens is 420 g/mol. The van der Waals surface area contributed by atoms with E-state index in [2.05, 4.69) is 38.9 Å². The van der Waals surface area contributed by atoms with E-state index in [1.165, 1.54) is 24.3 Å². The lowest BCUT2D eigenvalue weighted by atomic mass is 9.79. The zero-order chi connectivity index (χ0) is 20.7. The molecule has 2 aliphatic heterocycles. The number of rotatable bonds is 4. The van der Waals surface area contributed by atoms with Crippen LogP contribution in [-0.4, -0.2) is 75.1 Å². The van der Waals surface area contributed by atoms with E-state index in [1.54, 1.807) is 13.0 Å². The lowest BCUT2D eigenvalue weighted by Crippen LogP contribution is -2.53. The third-order valence-corrected chi connectivity index (χ3v) is 11.2. The summed E-state index contributed by atoms with van der Waals surface area (Å²) in [6, 6.07) is 1.71. The third kappa shape index (κ3) is 3.88. The van der Waals surface area contributed by atoms with Crippen molar-refractivity contribution < 1.29 is 14.1 Å². The summed E-state index contributed by atoms with van der Waals surface area (Å²) in [5.74, 6) is 5.59. The van der Waals surface area contributed by atoms with Crippen molar-refractivity contribution in [3.8, 4) is 0 Å². The van der Waals surface area contributed by atoms with Gasteiger partial charge in [-0.3, -0.25) is 14.5 Å². The quantitative estimate of drug-likeness (QED) is 0.756. The fourth-order valence-corrected chi connectivity index (χ4v) is 9.74. The molecule has 0 radical (unpaired) electrons. The highest BCUT2D eigenvalue weighted by molar-refractivity contribution is 8.21. The van der Waals surface area contributed by atoms with E-state index < -0.39 is 0 Å². The molecule has 2 saturated carbocycles. The largest absolute Gasteiger partial charge is 0.360 e. The number of piperazine rings is 1. The molecule has 30 heavy (non-hydrogen) atoms. The minimum Gasteiger partial charge on any atom is -0.360 e. The molecule has 4 fully saturated rings. The Bertz CT molecular complexity index is 786. The molecule has 3 heterocycles. The fourth-order valence-electron chi connectivity index (χ4n) is 5.80. The van der Waals surface area contributed by atoms with Gasteiger partial charge in [-0.2, -0.15) is 0 Å². The zero-order valence-electron chi connectivity index (χ0n) is 17.5. The average Bonchev–Trinajstić information content (AvgIpc) is 3.41. The van der Waals surface area contributed by atoms with Crippen LogP contribution in [0.1, 0.15) is 31.4 Å². The number of nitrogens with zero attached hydrogens (tertiary/aromatic N) is 3. The summed E-state index contributed by atoms with van der Waals surface area (Å²) in [5.41, 5.74) is 0. The van der Waals surface area contributed by atoms with Gasteiger partial charge >= 0.3 is 0 Å². The first-order valence-electron chi connectivity index (χ1n) is 11.1. The van der Waals surface area contributed by atoms with Crippen LogP contribution in [0.2, 0.25) is 0 Å². The van der Waals surface area contributed by atoms with Gasteiger partial charge in [-0.1, -0.05) is 5.16 Å². The van der Waals surface area contributed by atoms with Crippen LogP contribution in [0, 0.1) is 24.7 Å². The number of anilines is 1. The second kappa shape index (κ2) is 8.39. The number of aryl methyl sites for hydroxylation is 1. The Morgan fingerprint density at radius 3 is 2.43 bits per heavy atom. The van der Waals surface area contributed by atoms with E-state index >= 15 is 0 Å². The number of carbonyl (C=O) groups is 2. The molecule has 2 aliphatic carbocycles. The van der Waals surface area contributed by atoms with Crippen molar-refractivity contribution in [3.63, 3.8) is 0 Å².